The molecule has 10 heteroatoms. The highest BCUT2D eigenvalue weighted by Gasteiger charge is 2.27. The lowest BCUT2D eigenvalue weighted by molar-refractivity contribution is 0.0523. The average molecular weight is 442 g/mol. The van der Waals surface area contributed by atoms with Gasteiger partial charge in [0, 0.05) is 30.2 Å². The molecule has 3 N–H and O–H groups in total. The number of hydrogen-bond donors (Lipinski definition) is 3. The van der Waals surface area contributed by atoms with Crippen LogP contribution in [0.15, 0.2) is 30.6 Å². The topological polar surface area (TPSA) is 108 Å². The van der Waals surface area contributed by atoms with Crippen LogP contribution in [0, 0.1) is 5.82 Å². The molecule has 170 valence electrons. The third kappa shape index (κ3) is 5.24. The van der Waals surface area contributed by atoms with Gasteiger partial charge in [0.2, 0.25) is 5.95 Å². The Kier molecular flexibility index (Phi) is 6.11. The smallest absolute Gasteiger partial charge is 0.407 e. The van der Waals surface area contributed by atoms with Gasteiger partial charge in [-0.1, -0.05) is 0 Å². The molecule has 3 aromatic rings. The lowest BCUT2D eigenvalue weighted by Crippen LogP contribution is -2.48. The Morgan fingerprint density at radius 1 is 1.31 bits per heavy atom. The molecule has 1 amide bonds. The minimum atomic E-state index is -0.575. The van der Waals surface area contributed by atoms with E-state index in [1.54, 1.807) is 6.20 Å². The molecule has 3 heterocycles. The summed E-state index contributed by atoms with van der Waals surface area (Å²) in [7, 11) is 0. The Bertz CT molecular complexity index is 1100. The predicted molar refractivity (Wildman–Crippen MR) is 121 cm³/mol. The van der Waals surface area contributed by atoms with Gasteiger partial charge in [0.25, 0.3) is 0 Å². The second kappa shape index (κ2) is 8.97. The van der Waals surface area contributed by atoms with E-state index in [-0.39, 0.29) is 11.9 Å². The fraction of sp³-hybridized carbons (Fsp3) is 0.455. The number of piperidine rings is 1. The minimum absolute atomic E-state index is 0.0881. The van der Waals surface area contributed by atoms with E-state index in [0.29, 0.717) is 19.0 Å². The quantitative estimate of drug-likeness (QED) is 0.547. The summed E-state index contributed by atoms with van der Waals surface area (Å²) < 4.78 is 20.1. The second-order valence-corrected chi connectivity index (χ2v) is 8.89. The van der Waals surface area contributed by atoms with Crippen LogP contribution in [-0.4, -0.2) is 51.0 Å². The van der Waals surface area contributed by atoms with Crippen molar-refractivity contribution < 1.29 is 13.9 Å². The molecule has 1 aromatic carbocycles. The van der Waals surface area contributed by atoms with Gasteiger partial charge in [-0.15, -0.1) is 0 Å². The number of nitrogens with zero attached hydrogens (tertiary/aromatic N) is 4. The van der Waals surface area contributed by atoms with Crippen LogP contribution in [0.5, 0.6) is 0 Å². The molecule has 32 heavy (non-hydrogen) atoms. The number of benzene rings is 1. The van der Waals surface area contributed by atoms with Crippen molar-refractivity contribution in [1.82, 2.24) is 25.5 Å². The zero-order valence-electron chi connectivity index (χ0n) is 18.5. The molecule has 1 aliphatic heterocycles. The number of carbonyl (C=O) groups is 1. The molecule has 2 aromatic heterocycles. The van der Waals surface area contributed by atoms with Gasteiger partial charge < -0.3 is 20.3 Å². The summed E-state index contributed by atoms with van der Waals surface area (Å²) in [5.41, 5.74) is 1.07. The van der Waals surface area contributed by atoms with Crippen molar-refractivity contribution in [2.75, 3.05) is 23.3 Å². The molecule has 0 spiro atoms. The Labute approximate surface area is 185 Å². The summed E-state index contributed by atoms with van der Waals surface area (Å²) in [4.78, 5) is 22.5. The van der Waals surface area contributed by atoms with Crippen molar-refractivity contribution in [2.45, 2.75) is 51.7 Å². The molecule has 4 rings (SSSR count). The van der Waals surface area contributed by atoms with Crippen molar-refractivity contribution in [3.63, 3.8) is 0 Å². The van der Waals surface area contributed by atoms with Gasteiger partial charge in [0.1, 0.15) is 5.60 Å². The number of alkyl carbamates (subject to hydrolysis) is 1. The Morgan fingerprint density at radius 3 is 2.97 bits per heavy atom. The zero-order chi connectivity index (χ0) is 22.7. The summed E-state index contributed by atoms with van der Waals surface area (Å²) >= 11 is 0. The van der Waals surface area contributed by atoms with Gasteiger partial charge in [-0.3, -0.25) is 5.10 Å². The van der Waals surface area contributed by atoms with Crippen molar-refractivity contribution in [2.24, 2.45) is 0 Å². The van der Waals surface area contributed by atoms with Crippen LogP contribution >= 0.6 is 0 Å². The lowest BCUT2D eigenvalue weighted by Gasteiger charge is -2.37. The number of fused-ring (bicyclic) bond motifs is 1. The molecule has 0 radical (unpaired) electrons. The van der Waals surface area contributed by atoms with Crippen molar-refractivity contribution in [3.8, 4) is 0 Å². The molecule has 1 fully saturated rings. The Morgan fingerprint density at radius 2 is 2.16 bits per heavy atom. The molecule has 1 unspecified atom stereocenters. The predicted octanol–water partition coefficient (Wildman–Crippen LogP) is 4.12. The number of carbonyl (C=O) groups excluding carboxylic acids is 1. The van der Waals surface area contributed by atoms with Crippen LogP contribution in [0.3, 0.4) is 0 Å². The summed E-state index contributed by atoms with van der Waals surface area (Å²) in [6.07, 6.45) is 5.17. The van der Waals surface area contributed by atoms with Gasteiger partial charge in [-0.05, 0) is 58.2 Å². The van der Waals surface area contributed by atoms with E-state index in [0.717, 1.165) is 35.9 Å². The maximum atomic E-state index is 14.7. The average Bonchev–Trinajstić information content (AvgIpc) is 3.21. The molecule has 1 atom stereocenters. The number of rotatable bonds is 5. The lowest BCUT2D eigenvalue weighted by atomic mass is 10.0. The number of aromatic nitrogens is 4. The fourth-order valence-electron chi connectivity index (χ4n) is 3.77. The maximum absolute atomic E-state index is 14.7. The van der Waals surface area contributed by atoms with E-state index >= 15 is 0 Å². The van der Waals surface area contributed by atoms with Crippen LogP contribution in [0.4, 0.5) is 26.6 Å². The minimum Gasteiger partial charge on any atom is -0.444 e. The fourth-order valence-corrected chi connectivity index (χ4v) is 3.77. The number of halogens is 1. The van der Waals surface area contributed by atoms with Crippen LogP contribution in [0.1, 0.15) is 40.0 Å². The first kappa shape index (κ1) is 21.8. The van der Waals surface area contributed by atoms with Gasteiger partial charge in [-0.25, -0.2) is 14.2 Å². The SMILES string of the molecule is CC(C)(C)OC(=O)NCC1CCCCN1c1nc(Nc2ccc3cn[nH]c3c2)ncc1F. The van der Waals surface area contributed by atoms with Gasteiger partial charge in [-0.2, -0.15) is 10.1 Å². The number of amides is 1. The number of anilines is 3. The van der Waals surface area contributed by atoms with E-state index in [1.807, 2.05) is 43.9 Å². The van der Waals surface area contributed by atoms with Gasteiger partial charge in [0.15, 0.2) is 11.6 Å². The second-order valence-electron chi connectivity index (χ2n) is 8.89. The Balaban J connectivity index is 1.49. The Hall–Kier alpha value is -3.43. The molecular formula is C22H28FN7O2. The van der Waals surface area contributed by atoms with E-state index in [9.17, 15) is 9.18 Å². The molecular weight excluding hydrogens is 413 g/mol. The number of nitrogens with one attached hydrogen (secondary N) is 3. The van der Waals surface area contributed by atoms with Crippen LogP contribution in [0.25, 0.3) is 10.9 Å². The number of H-pyrrole nitrogens is 1. The van der Waals surface area contributed by atoms with Crippen LogP contribution < -0.4 is 15.5 Å². The van der Waals surface area contributed by atoms with E-state index in [4.69, 9.17) is 4.74 Å². The summed E-state index contributed by atoms with van der Waals surface area (Å²) in [6, 6.07) is 5.62. The molecule has 1 aliphatic rings. The van der Waals surface area contributed by atoms with Crippen LogP contribution in [0.2, 0.25) is 0 Å². The third-order valence-electron chi connectivity index (χ3n) is 5.20. The largest absolute Gasteiger partial charge is 0.444 e. The highest BCUT2D eigenvalue weighted by atomic mass is 19.1. The van der Waals surface area contributed by atoms with Gasteiger partial charge >= 0.3 is 6.09 Å². The first-order valence-electron chi connectivity index (χ1n) is 10.7. The first-order valence-corrected chi connectivity index (χ1v) is 10.7. The number of ether oxygens (including phenoxy) is 1. The number of hydrogen-bond acceptors (Lipinski definition) is 7. The van der Waals surface area contributed by atoms with E-state index in [1.165, 1.54) is 6.20 Å². The third-order valence-corrected chi connectivity index (χ3v) is 5.20. The molecule has 0 bridgehead atoms. The van der Waals surface area contributed by atoms with Crippen molar-refractivity contribution in [3.05, 3.63) is 36.4 Å². The van der Waals surface area contributed by atoms with Crippen molar-refractivity contribution >= 4 is 34.4 Å². The standard InChI is InChI=1S/C22H28FN7O2/c1-22(2,3)32-21(31)25-12-16-6-4-5-9-30(16)19-17(23)13-24-20(28-19)27-15-8-7-14-11-26-29-18(14)10-15/h7-8,10-11,13,16H,4-6,9,12H2,1-3H3,(H,25,31)(H,26,29)(H,24,27,28). The zero-order valence-corrected chi connectivity index (χ0v) is 18.5. The number of aromatic amines is 1. The van der Waals surface area contributed by atoms with E-state index in [2.05, 4.69) is 30.8 Å². The maximum Gasteiger partial charge on any atom is 0.407 e. The summed E-state index contributed by atoms with van der Waals surface area (Å²) in [5.74, 6) is 0.0224. The molecule has 1 saturated heterocycles. The monoisotopic (exact) mass is 441 g/mol. The highest BCUT2D eigenvalue weighted by molar-refractivity contribution is 5.82. The summed E-state index contributed by atoms with van der Waals surface area (Å²) in [6.45, 7) is 6.43. The van der Waals surface area contributed by atoms with E-state index < -0.39 is 17.5 Å². The molecule has 9 nitrogen and oxygen atoms in total. The normalized spacial score (nSPS) is 16.8. The molecule has 0 aliphatic carbocycles. The summed E-state index contributed by atoms with van der Waals surface area (Å²) in [5, 5.41) is 13.9. The van der Waals surface area contributed by atoms with Crippen molar-refractivity contribution in [1.29, 1.82) is 0 Å². The molecule has 0 saturated carbocycles. The van der Waals surface area contributed by atoms with Crippen LogP contribution in [-0.2, 0) is 4.74 Å². The first-order chi connectivity index (χ1) is 15.3. The van der Waals surface area contributed by atoms with Gasteiger partial charge in [0.05, 0.1) is 17.9 Å². The highest BCUT2D eigenvalue weighted by Crippen LogP contribution is 2.27.